The predicted molar refractivity (Wildman–Crippen MR) is 96.1 cm³/mol. The van der Waals surface area contributed by atoms with Gasteiger partial charge in [-0.25, -0.2) is 14.2 Å². The van der Waals surface area contributed by atoms with E-state index in [1.807, 2.05) is 43.5 Å². The molecule has 0 N–H and O–H groups in total. The van der Waals surface area contributed by atoms with Gasteiger partial charge in [-0.3, -0.25) is 4.79 Å². The minimum absolute atomic E-state index is 0.0361. The van der Waals surface area contributed by atoms with Gasteiger partial charge >= 0.3 is 5.97 Å². The molecule has 1 aromatic carbocycles. The summed E-state index contributed by atoms with van der Waals surface area (Å²) in [5.41, 5.74) is 1.44. The molecule has 0 radical (unpaired) electrons. The van der Waals surface area contributed by atoms with Crippen LogP contribution in [0.3, 0.4) is 0 Å². The molecule has 7 heteroatoms. The van der Waals surface area contributed by atoms with E-state index >= 15 is 0 Å². The van der Waals surface area contributed by atoms with Crippen LogP contribution < -0.4 is 5.56 Å². The van der Waals surface area contributed by atoms with E-state index in [0.29, 0.717) is 12.2 Å². The summed E-state index contributed by atoms with van der Waals surface area (Å²) >= 11 is 0. The average Bonchev–Trinajstić information content (AvgIpc) is 3.15. The molecule has 0 spiro atoms. The van der Waals surface area contributed by atoms with Gasteiger partial charge in [0.1, 0.15) is 12.3 Å². The molecule has 0 fully saturated rings. The summed E-state index contributed by atoms with van der Waals surface area (Å²) in [5, 5.41) is 8.46. The molecule has 0 atom stereocenters. The average molecular weight is 352 g/mol. The van der Waals surface area contributed by atoms with Gasteiger partial charge in [0.2, 0.25) is 0 Å². The molecule has 0 saturated heterocycles. The number of esters is 1. The first-order valence-electron chi connectivity index (χ1n) is 8.52. The van der Waals surface area contributed by atoms with Gasteiger partial charge in [0.25, 0.3) is 5.56 Å². The van der Waals surface area contributed by atoms with Crippen molar-refractivity contribution < 1.29 is 9.53 Å². The van der Waals surface area contributed by atoms with E-state index in [-0.39, 0.29) is 17.9 Å². The molecule has 26 heavy (non-hydrogen) atoms. The highest BCUT2D eigenvalue weighted by Crippen LogP contribution is 2.08. The number of para-hydroxylation sites is 1. The van der Waals surface area contributed by atoms with Crippen LogP contribution in [0, 0.1) is 0 Å². The molecule has 0 unspecified atom stereocenters. The number of carbonyl (C=O) groups excluding carboxylic acids is 1. The molecule has 3 rings (SSSR count). The van der Waals surface area contributed by atoms with Crippen LogP contribution in [-0.4, -0.2) is 25.5 Å². The molecule has 0 saturated carbocycles. The van der Waals surface area contributed by atoms with Crippen LogP contribution in [0.5, 0.6) is 0 Å². The number of carbonyl (C=O) groups is 1. The van der Waals surface area contributed by atoms with E-state index in [0.717, 1.165) is 18.5 Å². The third-order valence-electron chi connectivity index (χ3n) is 3.82. The number of nitrogens with zero attached hydrogens (tertiary/aromatic N) is 4. The van der Waals surface area contributed by atoms with Crippen LogP contribution in [0.2, 0.25) is 0 Å². The van der Waals surface area contributed by atoms with Crippen molar-refractivity contribution in [1.82, 2.24) is 19.6 Å². The first-order chi connectivity index (χ1) is 12.7. The number of aryl methyl sites for hydroxylation is 1. The van der Waals surface area contributed by atoms with Gasteiger partial charge in [-0.2, -0.15) is 10.2 Å². The van der Waals surface area contributed by atoms with Crippen LogP contribution in [0.4, 0.5) is 0 Å². The Morgan fingerprint density at radius 1 is 1.08 bits per heavy atom. The van der Waals surface area contributed by atoms with Gasteiger partial charge < -0.3 is 4.74 Å². The van der Waals surface area contributed by atoms with E-state index < -0.39 is 5.97 Å². The van der Waals surface area contributed by atoms with Crippen molar-refractivity contribution in [3.63, 3.8) is 0 Å². The van der Waals surface area contributed by atoms with E-state index in [2.05, 4.69) is 10.2 Å². The number of rotatable bonds is 7. The van der Waals surface area contributed by atoms with E-state index in [4.69, 9.17) is 4.74 Å². The van der Waals surface area contributed by atoms with Gasteiger partial charge in [-0.1, -0.05) is 31.5 Å². The third-order valence-corrected chi connectivity index (χ3v) is 3.82. The summed E-state index contributed by atoms with van der Waals surface area (Å²) in [6.45, 7) is 2.55. The molecular weight excluding hydrogens is 332 g/mol. The fourth-order valence-corrected chi connectivity index (χ4v) is 2.40. The van der Waals surface area contributed by atoms with Crippen molar-refractivity contribution in [2.45, 2.75) is 32.9 Å². The molecule has 7 nitrogen and oxygen atoms in total. The van der Waals surface area contributed by atoms with Crippen LogP contribution in [0.15, 0.2) is 59.5 Å². The number of unbranched alkanes of at least 4 members (excludes halogenated alkanes) is 1. The number of benzene rings is 1. The van der Waals surface area contributed by atoms with Crippen LogP contribution in [0.25, 0.3) is 5.69 Å². The lowest BCUT2D eigenvalue weighted by Gasteiger charge is -2.06. The maximum absolute atomic E-state index is 12.2. The van der Waals surface area contributed by atoms with Gasteiger partial charge in [-0.15, -0.1) is 0 Å². The lowest BCUT2D eigenvalue weighted by atomic mass is 10.3. The zero-order valence-electron chi connectivity index (χ0n) is 14.5. The molecule has 0 aliphatic rings. The molecule has 0 bridgehead atoms. The Morgan fingerprint density at radius 2 is 1.88 bits per heavy atom. The lowest BCUT2D eigenvalue weighted by molar-refractivity contribution is 0.0457. The summed E-state index contributed by atoms with van der Waals surface area (Å²) < 4.78 is 8.28. The number of hydrogen-bond donors (Lipinski definition) is 0. The highest BCUT2D eigenvalue weighted by Gasteiger charge is 2.12. The zero-order chi connectivity index (χ0) is 18.4. The second-order valence-electron chi connectivity index (χ2n) is 5.80. The third kappa shape index (κ3) is 4.24. The van der Waals surface area contributed by atoms with Crippen LogP contribution in [-0.2, 0) is 17.9 Å². The van der Waals surface area contributed by atoms with E-state index in [1.54, 1.807) is 10.7 Å². The Labute approximate surface area is 150 Å². The molecule has 0 aliphatic carbocycles. The van der Waals surface area contributed by atoms with Crippen LogP contribution >= 0.6 is 0 Å². The zero-order valence-corrected chi connectivity index (χ0v) is 14.5. The fraction of sp³-hybridized carbons (Fsp3) is 0.263. The number of ether oxygens (including phenoxy) is 1. The normalized spacial score (nSPS) is 10.7. The fourth-order valence-electron chi connectivity index (χ4n) is 2.40. The van der Waals surface area contributed by atoms with Crippen molar-refractivity contribution >= 4 is 5.97 Å². The SMILES string of the molecule is CCCCn1nc(C(=O)OCc2ccn(-c3ccccc3)n2)ccc1=O. The molecule has 0 aliphatic heterocycles. The summed E-state index contributed by atoms with van der Waals surface area (Å²) in [5.74, 6) is -0.579. The van der Waals surface area contributed by atoms with Gasteiger partial charge in [0.15, 0.2) is 5.69 Å². The first kappa shape index (κ1) is 17.6. The number of hydrogen-bond acceptors (Lipinski definition) is 5. The maximum Gasteiger partial charge on any atom is 0.359 e. The monoisotopic (exact) mass is 352 g/mol. The molecule has 0 amide bonds. The van der Waals surface area contributed by atoms with Crippen molar-refractivity contribution in [3.05, 3.63) is 76.5 Å². The lowest BCUT2D eigenvalue weighted by Crippen LogP contribution is -2.25. The Kier molecular flexibility index (Phi) is 5.58. The van der Waals surface area contributed by atoms with E-state index in [1.165, 1.54) is 16.8 Å². The van der Waals surface area contributed by atoms with Crippen molar-refractivity contribution in [1.29, 1.82) is 0 Å². The smallest absolute Gasteiger partial charge is 0.359 e. The Hall–Kier alpha value is -3.22. The number of aromatic nitrogens is 4. The predicted octanol–water partition coefficient (Wildman–Crippen LogP) is 2.59. The Balaban J connectivity index is 1.64. The largest absolute Gasteiger partial charge is 0.454 e. The standard InChI is InChI=1S/C19H20N4O3/c1-2-3-12-23-18(24)10-9-17(21-23)19(25)26-14-15-11-13-22(20-15)16-7-5-4-6-8-16/h4-11,13H,2-3,12,14H2,1H3. The molecular formula is C19H20N4O3. The molecule has 134 valence electrons. The van der Waals surface area contributed by atoms with Gasteiger partial charge in [-0.05, 0) is 30.7 Å². The summed E-state index contributed by atoms with van der Waals surface area (Å²) in [6.07, 6.45) is 3.57. The van der Waals surface area contributed by atoms with Crippen molar-refractivity contribution in [3.8, 4) is 5.69 Å². The highest BCUT2D eigenvalue weighted by molar-refractivity contribution is 5.86. The Morgan fingerprint density at radius 3 is 2.65 bits per heavy atom. The quantitative estimate of drug-likeness (QED) is 0.611. The van der Waals surface area contributed by atoms with E-state index in [9.17, 15) is 9.59 Å². The molecule has 3 aromatic rings. The van der Waals surface area contributed by atoms with Crippen molar-refractivity contribution in [2.24, 2.45) is 0 Å². The summed E-state index contributed by atoms with van der Waals surface area (Å²) in [7, 11) is 0. The van der Waals surface area contributed by atoms with Crippen LogP contribution in [0.1, 0.15) is 35.9 Å². The molecule has 2 heterocycles. The summed E-state index contributed by atoms with van der Waals surface area (Å²) in [4.78, 5) is 23.9. The topological polar surface area (TPSA) is 79.0 Å². The Bertz CT molecular complexity index is 931. The second kappa shape index (κ2) is 8.24. The molecule has 2 aromatic heterocycles. The van der Waals surface area contributed by atoms with Gasteiger partial charge in [0.05, 0.1) is 5.69 Å². The summed E-state index contributed by atoms with van der Waals surface area (Å²) in [6, 6.07) is 14.2. The maximum atomic E-state index is 12.2. The highest BCUT2D eigenvalue weighted by atomic mass is 16.5. The second-order valence-corrected chi connectivity index (χ2v) is 5.80. The minimum Gasteiger partial charge on any atom is -0.454 e. The minimum atomic E-state index is -0.579. The van der Waals surface area contributed by atoms with Gasteiger partial charge in [0, 0.05) is 18.8 Å². The van der Waals surface area contributed by atoms with Crippen molar-refractivity contribution in [2.75, 3.05) is 0 Å². The first-order valence-corrected chi connectivity index (χ1v) is 8.52.